The van der Waals surface area contributed by atoms with Crippen molar-refractivity contribution in [3.8, 4) is 0 Å². The second-order valence-corrected chi connectivity index (χ2v) is 3.24. The SMILES string of the molecule is COCCNC(=O)NC(=O)CN[C@H](C)C(=O)O. The van der Waals surface area contributed by atoms with Crippen molar-refractivity contribution >= 4 is 17.9 Å². The van der Waals surface area contributed by atoms with Crippen LogP contribution in [0.15, 0.2) is 0 Å². The van der Waals surface area contributed by atoms with Gasteiger partial charge >= 0.3 is 12.0 Å². The Balaban J connectivity index is 3.71. The van der Waals surface area contributed by atoms with Gasteiger partial charge in [0.05, 0.1) is 13.2 Å². The van der Waals surface area contributed by atoms with E-state index in [1.54, 1.807) is 0 Å². The average molecular weight is 247 g/mol. The smallest absolute Gasteiger partial charge is 0.321 e. The zero-order chi connectivity index (χ0) is 13.3. The molecule has 0 unspecified atom stereocenters. The van der Waals surface area contributed by atoms with Gasteiger partial charge in [0, 0.05) is 13.7 Å². The van der Waals surface area contributed by atoms with E-state index in [1.165, 1.54) is 14.0 Å². The fourth-order valence-electron chi connectivity index (χ4n) is 0.815. The number of rotatable bonds is 7. The van der Waals surface area contributed by atoms with Crippen LogP contribution in [0.3, 0.4) is 0 Å². The second kappa shape index (κ2) is 8.48. The molecule has 0 saturated heterocycles. The van der Waals surface area contributed by atoms with Crippen LogP contribution in [0.1, 0.15) is 6.92 Å². The molecular weight excluding hydrogens is 230 g/mol. The van der Waals surface area contributed by atoms with Crippen LogP contribution in [0.4, 0.5) is 4.79 Å². The first kappa shape index (κ1) is 15.3. The predicted octanol–water partition coefficient (Wildman–Crippen LogP) is -1.48. The normalized spacial score (nSPS) is 11.6. The third-order valence-electron chi connectivity index (χ3n) is 1.78. The third kappa shape index (κ3) is 8.17. The van der Waals surface area contributed by atoms with Crippen molar-refractivity contribution in [3.63, 3.8) is 0 Å². The Labute approximate surface area is 98.7 Å². The minimum atomic E-state index is -1.07. The number of ether oxygens (including phenoxy) is 1. The van der Waals surface area contributed by atoms with Gasteiger partial charge in [0.25, 0.3) is 0 Å². The summed E-state index contributed by atoms with van der Waals surface area (Å²) in [6.45, 7) is 1.78. The highest BCUT2D eigenvalue weighted by Crippen LogP contribution is 1.79. The number of urea groups is 1. The van der Waals surface area contributed by atoms with Crippen molar-refractivity contribution in [3.05, 3.63) is 0 Å². The lowest BCUT2D eigenvalue weighted by atomic mass is 10.3. The summed E-state index contributed by atoms with van der Waals surface area (Å²) >= 11 is 0. The molecule has 0 aromatic rings. The number of carbonyl (C=O) groups is 3. The molecule has 0 saturated carbocycles. The summed E-state index contributed by atoms with van der Waals surface area (Å²) in [5.41, 5.74) is 0. The zero-order valence-electron chi connectivity index (χ0n) is 9.78. The number of aliphatic carboxylic acids is 1. The van der Waals surface area contributed by atoms with Crippen LogP contribution in [0.5, 0.6) is 0 Å². The fourth-order valence-corrected chi connectivity index (χ4v) is 0.815. The highest BCUT2D eigenvalue weighted by molar-refractivity contribution is 5.95. The van der Waals surface area contributed by atoms with E-state index in [9.17, 15) is 14.4 Å². The first-order valence-electron chi connectivity index (χ1n) is 5.00. The Kier molecular flexibility index (Phi) is 7.65. The van der Waals surface area contributed by atoms with Crippen molar-refractivity contribution in [2.75, 3.05) is 26.8 Å². The molecule has 0 bridgehead atoms. The summed E-state index contributed by atoms with van der Waals surface area (Å²) in [7, 11) is 1.49. The molecule has 0 aliphatic carbocycles. The van der Waals surface area contributed by atoms with Crippen LogP contribution in [0, 0.1) is 0 Å². The van der Waals surface area contributed by atoms with Gasteiger partial charge in [-0.3, -0.25) is 20.2 Å². The largest absolute Gasteiger partial charge is 0.480 e. The van der Waals surface area contributed by atoms with Crippen LogP contribution < -0.4 is 16.0 Å². The first-order valence-corrected chi connectivity index (χ1v) is 5.00. The molecule has 8 nitrogen and oxygen atoms in total. The Morgan fingerprint density at radius 3 is 2.53 bits per heavy atom. The van der Waals surface area contributed by atoms with Gasteiger partial charge < -0.3 is 15.2 Å². The molecule has 0 heterocycles. The van der Waals surface area contributed by atoms with Gasteiger partial charge in [0.15, 0.2) is 0 Å². The van der Waals surface area contributed by atoms with Gasteiger partial charge in [0.1, 0.15) is 6.04 Å². The minimum Gasteiger partial charge on any atom is -0.480 e. The summed E-state index contributed by atoms with van der Waals surface area (Å²) in [5, 5.41) is 15.4. The topological polar surface area (TPSA) is 117 Å². The Morgan fingerprint density at radius 2 is 2.00 bits per heavy atom. The lowest BCUT2D eigenvalue weighted by molar-refractivity contribution is -0.139. The highest BCUT2D eigenvalue weighted by atomic mass is 16.5. The number of hydrogen-bond donors (Lipinski definition) is 4. The van der Waals surface area contributed by atoms with Gasteiger partial charge in [-0.15, -0.1) is 0 Å². The average Bonchev–Trinajstić information content (AvgIpc) is 2.26. The molecule has 0 aliphatic rings. The van der Waals surface area contributed by atoms with Crippen LogP contribution in [0.2, 0.25) is 0 Å². The summed E-state index contributed by atoms with van der Waals surface area (Å²) < 4.78 is 4.70. The van der Waals surface area contributed by atoms with Crippen molar-refractivity contribution in [2.45, 2.75) is 13.0 Å². The number of methoxy groups -OCH3 is 1. The van der Waals surface area contributed by atoms with Crippen molar-refractivity contribution in [2.24, 2.45) is 0 Å². The molecular formula is C9H17N3O5. The van der Waals surface area contributed by atoms with Gasteiger partial charge in [-0.2, -0.15) is 0 Å². The van der Waals surface area contributed by atoms with Crippen molar-refractivity contribution in [1.29, 1.82) is 0 Å². The molecule has 0 fully saturated rings. The standard InChI is InChI=1S/C9H17N3O5/c1-6(8(14)15)11-5-7(13)12-9(16)10-3-4-17-2/h6,11H,3-5H2,1-2H3,(H,14,15)(H2,10,12,13,16)/t6-/m1/s1. The van der Waals surface area contributed by atoms with E-state index in [0.29, 0.717) is 6.61 Å². The molecule has 0 radical (unpaired) electrons. The first-order chi connectivity index (χ1) is 7.97. The highest BCUT2D eigenvalue weighted by Gasteiger charge is 2.12. The predicted molar refractivity (Wildman–Crippen MR) is 58.5 cm³/mol. The number of carboxylic acid groups (broad SMARTS) is 1. The molecule has 3 amide bonds. The zero-order valence-corrected chi connectivity index (χ0v) is 9.78. The van der Waals surface area contributed by atoms with E-state index in [0.717, 1.165) is 0 Å². The molecule has 17 heavy (non-hydrogen) atoms. The lowest BCUT2D eigenvalue weighted by Gasteiger charge is -2.09. The van der Waals surface area contributed by atoms with Gasteiger partial charge in [-0.25, -0.2) is 4.79 Å². The second-order valence-electron chi connectivity index (χ2n) is 3.24. The van der Waals surface area contributed by atoms with E-state index >= 15 is 0 Å². The van der Waals surface area contributed by atoms with Crippen LogP contribution >= 0.6 is 0 Å². The molecule has 98 valence electrons. The summed E-state index contributed by atoms with van der Waals surface area (Å²) in [6.07, 6.45) is 0. The van der Waals surface area contributed by atoms with Crippen molar-refractivity contribution < 1.29 is 24.2 Å². The van der Waals surface area contributed by atoms with E-state index in [1.807, 2.05) is 5.32 Å². The van der Waals surface area contributed by atoms with E-state index in [2.05, 4.69) is 10.6 Å². The third-order valence-corrected chi connectivity index (χ3v) is 1.78. The van der Waals surface area contributed by atoms with Gasteiger partial charge in [0.2, 0.25) is 5.91 Å². The van der Waals surface area contributed by atoms with E-state index in [-0.39, 0.29) is 13.1 Å². The van der Waals surface area contributed by atoms with Crippen LogP contribution in [-0.4, -0.2) is 55.9 Å². The molecule has 8 heteroatoms. The number of amides is 3. The number of hydrogen-bond acceptors (Lipinski definition) is 5. The van der Waals surface area contributed by atoms with E-state index in [4.69, 9.17) is 9.84 Å². The number of carboxylic acids is 1. The minimum absolute atomic E-state index is 0.245. The Hall–Kier alpha value is -1.67. The maximum Gasteiger partial charge on any atom is 0.321 e. The van der Waals surface area contributed by atoms with Gasteiger partial charge in [-0.05, 0) is 6.92 Å². The Bertz CT molecular complexity index is 282. The summed E-state index contributed by atoms with van der Waals surface area (Å²) in [5.74, 6) is -1.67. The molecule has 0 aromatic heterocycles. The number of imide groups is 1. The summed E-state index contributed by atoms with van der Waals surface area (Å²) in [4.78, 5) is 32.6. The number of carbonyl (C=O) groups excluding carboxylic acids is 2. The molecule has 4 N–H and O–H groups in total. The number of nitrogens with one attached hydrogen (secondary N) is 3. The maximum atomic E-state index is 11.2. The molecule has 0 rings (SSSR count). The molecule has 1 atom stereocenters. The fraction of sp³-hybridized carbons (Fsp3) is 0.667. The molecule has 0 spiro atoms. The quantitative estimate of drug-likeness (QED) is 0.408. The monoisotopic (exact) mass is 247 g/mol. The molecule has 0 aliphatic heterocycles. The molecule has 0 aromatic carbocycles. The Morgan fingerprint density at radius 1 is 1.35 bits per heavy atom. The van der Waals surface area contributed by atoms with E-state index < -0.39 is 23.9 Å². The summed E-state index contributed by atoms with van der Waals surface area (Å²) in [6, 6.07) is -1.49. The maximum absolute atomic E-state index is 11.2. The van der Waals surface area contributed by atoms with Gasteiger partial charge in [-0.1, -0.05) is 0 Å². The van der Waals surface area contributed by atoms with Crippen LogP contribution in [0.25, 0.3) is 0 Å². The van der Waals surface area contributed by atoms with Crippen LogP contribution in [-0.2, 0) is 14.3 Å². The van der Waals surface area contributed by atoms with Crippen molar-refractivity contribution in [1.82, 2.24) is 16.0 Å². The lowest BCUT2D eigenvalue weighted by Crippen LogP contribution is -2.46.